The average Bonchev–Trinajstić information content (AvgIpc) is 3.39. The van der Waals surface area contributed by atoms with Crippen LogP contribution >= 0.6 is 28.1 Å². The Morgan fingerprint density at radius 2 is 1.87 bits per heavy atom. The Bertz CT molecular complexity index is 1530. The summed E-state index contributed by atoms with van der Waals surface area (Å²) < 4.78 is 3.29. The van der Waals surface area contributed by atoms with Crippen molar-refractivity contribution in [2.45, 2.75) is 46.2 Å². The van der Waals surface area contributed by atoms with E-state index >= 15 is 0 Å². The van der Waals surface area contributed by atoms with Crippen LogP contribution in [0.1, 0.15) is 52.3 Å². The average molecular weight is 603 g/mol. The number of aromatic nitrogens is 2. The number of hydrogen-bond donors (Lipinski definition) is 2. The van der Waals surface area contributed by atoms with Gasteiger partial charge in [-0.3, -0.25) is 9.78 Å². The molecule has 39 heavy (non-hydrogen) atoms. The number of halogens is 1. The standard InChI is InChI=1S/C31H32BrN5OS/c1-19-11-12-20(2)27(16-19)34-28(38)13-15-36-30(29(35-31(36)39)26-10-5-6-14-33-26)25-17-21(3)37(22(25)4)24-9-7-8-23(32)18-24/h5-12,14,16-18,29-30H,13,15H2,1-4H3,(H,34,38)(H,35,39)/t29-,30+/m0/s1. The molecule has 0 bridgehead atoms. The third kappa shape index (κ3) is 5.63. The van der Waals surface area contributed by atoms with Crippen LogP contribution in [0.4, 0.5) is 5.69 Å². The highest BCUT2D eigenvalue weighted by atomic mass is 79.9. The summed E-state index contributed by atoms with van der Waals surface area (Å²) in [5, 5.41) is 7.23. The number of nitrogens with one attached hydrogen (secondary N) is 2. The van der Waals surface area contributed by atoms with Crippen LogP contribution in [0.3, 0.4) is 0 Å². The zero-order valence-corrected chi connectivity index (χ0v) is 24.9. The van der Waals surface area contributed by atoms with Crippen molar-refractivity contribution < 1.29 is 4.79 Å². The first-order valence-electron chi connectivity index (χ1n) is 13.0. The molecule has 4 aromatic rings. The zero-order valence-electron chi connectivity index (χ0n) is 22.5. The van der Waals surface area contributed by atoms with E-state index in [-0.39, 0.29) is 18.0 Å². The number of benzene rings is 2. The summed E-state index contributed by atoms with van der Waals surface area (Å²) in [6.45, 7) is 8.78. The van der Waals surface area contributed by atoms with Gasteiger partial charge in [0.05, 0.1) is 17.8 Å². The summed E-state index contributed by atoms with van der Waals surface area (Å²) in [6, 6.07) is 22.3. The maximum Gasteiger partial charge on any atom is 0.226 e. The molecular formula is C31H32BrN5OS. The van der Waals surface area contributed by atoms with Gasteiger partial charge in [0.15, 0.2) is 5.11 Å². The van der Waals surface area contributed by atoms with Gasteiger partial charge >= 0.3 is 0 Å². The van der Waals surface area contributed by atoms with E-state index in [4.69, 9.17) is 12.2 Å². The number of carbonyl (C=O) groups excluding carboxylic acids is 1. The van der Waals surface area contributed by atoms with Gasteiger partial charge in [-0.15, -0.1) is 0 Å². The van der Waals surface area contributed by atoms with Gasteiger partial charge in [0.2, 0.25) is 5.91 Å². The van der Waals surface area contributed by atoms with Crippen LogP contribution in [0.25, 0.3) is 5.69 Å². The van der Waals surface area contributed by atoms with Crippen molar-refractivity contribution >= 4 is 44.9 Å². The third-order valence-electron chi connectivity index (χ3n) is 7.30. The Balaban J connectivity index is 1.47. The van der Waals surface area contributed by atoms with E-state index in [1.165, 1.54) is 0 Å². The Kier molecular flexibility index (Phi) is 7.86. The SMILES string of the molecule is Cc1ccc(C)c(NC(=O)CCN2C(=S)N[C@@H](c3ccccn3)[C@H]2c2cc(C)n(-c3cccc(Br)c3)c2C)c1. The van der Waals surface area contributed by atoms with Crippen LogP contribution in [0.15, 0.2) is 77.4 Å². The molecule has 0 saturated carbocycles. The predicted molar refractivity (Wildman–Crippen MR) is 164 cm³/mol. The van der Waals surface area contributed by atoms with Crippen LogP contribution < -0.4 is 10.6 Å². The van der Waals surface area contributed by atoms with E-state index < -0.39 is 0 Å². The van der Waals surface area contributed by atoms with Crippen molar-refractivity contribution in [2.75, 3.05) is 11.9 Å². The van der Waals surface area contributed by atoms with Crippen LogP contribution in [0.5, 0.6) is 0 Å². The molecule has 1 fully saturated rings. The highest BCUT2D eigenvalue weighted by Gasteiger charge is 2.41. The molecule has 8 heteroatoms. The van der Waals surface area contributed by atoms with E-state index in [0.29, 0.717) is 18.1 Å². The van der Waals surface area contributed by atoms with Gasteiger partial charge in [-0.05, 0) is 99.1 Å². The van der Waals surface area contributed by atoms with E-state index in [1.54, 1.807) is 0 Å². The molecule has 2 aromatic heterocycles. The molecule has 3 heterocycles. The van der Waals surface area contributed by atoms with Gasteiger partial charge in [-0.1, -0.05) is 40.2 Å². The first-order valence-corrected chi connectivity index (χ1v) is 14.2. The molecule has 0 radical (unpaired) electrons. The molecule has 0 spiro atoms. The number of hydrogen-bond acceptors (Lipinski definition) is 3. The maximum absolute atomic E-state index is 13.1. The Hall–Kier alpha value is -3.49. The predicted octanol–water partition coefficient (Wildman–Crippen LogP) is 6.87. The van der Waals surface area contributed by atoms with Crippen molar-refractivity contribution in [2.24, 2.45) is 0 Å². The molecule has 1 aliphatic heterocycles. The second-order valence-corrected chi connectivity index (χ2v) is 11.4. The monoisotopic (exact) mass is 601 g/mol. The minimum absolute atomic E-state index is 0.0360. The molecule has 0 unspecified atom stereocenters. The van der Waals surface area contributed by atoms with Gasteiger partial charge in [0.1, 0.15) is 0 Å². The number of rotatable bonds is 7. The third-order valence-corrected chi connectivity index (χ3v) is 8.15. The first kappa shape index (κ1) is 27.1. The van der Waals surface area contributed by atoms with E-state index in [9.17, 15) is 4.79 Å². The lowest BCUT2D eigenvalue weighted by atomic mass is 9.96. The second kappa shape index (κ2) is 11.3. The number of carbonyl (C=O) groups is 1. The molecule has 0 aliphatic carbocycles. The van der Waals surface area contributed by atoms with Crippen molar-refractivity contribution in [1.82, 2.24) is 19.8 Å². The molecule has 1 aliphatic rings. The molecule has 6 nitrogen and oxygen atoms in total. The summed E-state index contributed by atoms with van der Waals surface area (Å²) >= 11 is 9.46. The summed E-state index contributed by atoms with van der Waals surface area (Å²) in [7, 11) is 0. The molecule has 1 saturated heterocycles. The fraction of sp³-hybridized carbons (Fsp3) is 0.258. The quantitative estimate of drug-likeness (QED) is 0.226. The van der Waals surface area contributed by atoms with Crippen LogP contribution in [0.2, 0.25) is 0 Å². The molecule has 2 atom stereocenters. The Morgan fingerprint density at radius 3 is 2.62 bits per heavy atom. The molecule has 200 valence electrons. The summed E-state index contributed by atoms with van der Waals surface area (Å²) in [6.07, 6.45) is 2.12. The lowest BCUT2D eigenvalue weighted by Gasteiger charge is -2.28. The fourth-order valence-corrected chi connectivity index (χ4v) is 6.11. The smallest absolute Gasteiger partial charge is 0.226 e. The van der Waals surface area contributed by atoms with Crippen LogP contribution in [-0.2, 0) is 4.79 Å². The number of aryl methyl sites for hydroxylation is 3. The summed E-state index contributed by atoms with van der Waals surface area (Å²) in [5.74, 6) is -0.0360. The normalized spacial score (nSPS) is 16.8. The van der Waals surface area contributed by atoms with Crippen LogP contribution in [-0.4, -0.2) is 32.0 Å². The van der Waals surface area contributed by atoms with Gasteiger partial charge in [-0.25, -0.2) is 0 Å². The molecule has 1 amide bonds. The lowest BCUT2D eigenvalue weighted by molar-refractivity contribution is -0.116. The van der Waals surface area contributed by atoms with Gasteiger partial charge < -0.3 is 20.1 Å². The first-order chi connectivity index (χ1) is 18.7. The largest absolute Gasteiger partial charge is 0.352 e. The maximum atomic E-state index is 13.1. The van der Waals surface area contributed by atoms with E-state index in [0.717, 1.165) is 49.6 Å². The van der Waals surface area contributed by atoms with E-state index in [1.807, 2.05) is 68.6 Å². The summed E-state index contributed by atoms with van der Waals surface area (Å²) in [5.41, 5.74) is 8.43. The molecule has 2 N–H and O–H groups in total. The Morgan fingerprint density at radius 1 is 1.05 bits per heavy atom. The minimum Gasteiger partial charge on any atom is -0.352 e. The fourth-order valence-electron chi connectivity index (χ4n) is 5.39. The van der Waals surface area contributed by atoms with Crippen molar-refractivity contribution in [1.29, 1.82) is 0 Å². The highest BCUT2D eigenvalue weighted by molar-refractivity contribution is 9.10. The van der Waals surface area contributed by atoms with Gasteiger partial charge in [0, 0.05) is 46.4 Å². The Labute approximate surface area is 243 Å². The molecular weight excluding hydrogens is 570 g/mol. The highest BCUT2D eigenvalue weighted by Crippen LogP contribution is 2.41. The van der Waals surface area contributed by atoms with Crippen molar-refractivity contribution in [3.8, 4) is 5.69 Å². The number of nitrogens with zero attached hydrogens (tertiary/aromatic N) is 3. The zero-order chi connectivity index (χ0) is 27.7. The van der Waals surface area contributed by atoms with Gasteiger partial charge in [0.25, 0.3) is 0 Å². The number of pyridine rings is 1. The van der Waals surface area contributed by atoms with Crippen molar-refractivity contribution in [3.63, 3.8) is 0 Å². The number of amides is 1. The number of thiocarbonyl (C=S) groups is 1. The minimum atomic E-state index is -0.141. The van der Waals surface area contributed by atoms with Crippen molar-refractivity contribution in [3.05, 3.63) is 111 Å². The topological polar surface area (TPSA) is 62.2 Å². The van der Waals surface area contributed by atoms with E-state index in [2.05, 4.69) is 73.1 Å². The van der Waals surface area contributed by atoms with Gasteiger partial charge in [-0.2, -0.15) is 0 Å². The molecule has 5 rings (SSSR count). The molecule has 2 aromatic carbocycles. The lowest BCUT2D eigenvalue weighted by Crippen LogP contribution is -2.33. The number of anilines is 1. The summed E-state index contributed by atoms with van der Waals surface area (Å²) in [4.78, 5) is 19.9. The van der Waals surface area contributed by atoms with Crippen LogP contribution in [0, 0.1) is 27.7 Å². The second-order valence-electron chi connectivity index (χ2n) is 10.1.